The van der Waals surface area contributed by atoms with Crippen molar-refractivity contribution in [3.8, 4) is 5.75 Å². The molecular formula is C16H26O2. The average molecular weight is 250 g/mol. The second kappa shape index (κ2) is 5.75. The smallest absolute Gasteiger partial charge is 0.128 e. The third kappa shape index (κ3) is 3.26. The van der Waals surface area contributed by atoms with Crippen molar-refractivity contribution in [2.75, 3.05) is 6.61 Å². The molecule has 0 aliphatic heterocycles. The fourth-order valence-corrected chi connectivity index (χ4v) is 2.13. The molecule has 0 aliphatic rings. The van der Waals surface area contributed by atoms with Crippen molar-refractivity contribution in [1.82, 2.24) is 0 Å². The van der Waals surface area contributed by atoms with Gasteiger partial charge in [0.05, 0.1) is 12.7 Å². The summed E-state index contributed by atoms with van der Waals surface area (Å²) >= 11 is 0. The lowest BCUT2D eigenvalue weighted by Gasteiger charge is -2.26. The summed E-state index contributed by atoms with van der Waals surface area (Å²) in [6.07, 6.45) is 0.250. The van der Waals surface area contributed by atoms with Gasteiger partial charge in [0, 0.05) is 11.1 Å². The second-order valence-electron chi connectivity index (χ2n) is 5.84. The molecule has 1 atom stereocenters. The van der Waals surface area contributed by atoms with Gasteiger partial charge in [0.25, 0.3) is 0 Å². The third-order valence-electron chi connectivity index (χ3n) is 3.10. The first-order chi connectivity index (χ1) is 8.31. The quantitative estimate of drug-likeness (QED) is 0.870. The average Bonchev–Trinajstić information content (AvgIpc) is 2.28. The first kappa shape index (κ1) is 15.0. The lowest BCUT2D eigenvalue weighted by Crippen LogP contribution is -2.16. The number of hydrogen-bond acceptors (Lipinski definition) is 2. The maximum atomic E-state index is 10.2. The summed E-state index contributed by atoms with van der Waals surface area (Å²) in [7, 11) is 0. The number of aryl methyl sites for hydroxylation is 1. The number of rotatable bonds is 4. The molecule has 1 N–H and O–H groups in total. The molecule has 2 heteroatoms. The summed E-state index contributed by atoms with van der Waals surface area (Å²) in [5.74, 6) is 0.866. The SMILES string of the molecule is CCOc1c(C(O)CC)cc(C)cc1C(C)(C)C. The van der Waals surface area contributed by atoms with E-state index in [2.05, 4.69) is 33.8 Å². The Hall–Kier alpha value is -1.02. The minimum absolute atomic E-state index is 0.0126. The predicted molar refractivity (Wildman–Crippen MR) is 76.3 cm³/mol. The van der Waals surface area contributed by atoms with E-state index in [0.717, 1.165) is 11.3 Å². The van der Waals surface area contributed by atoms with Crippen LogP contribution in [0.3, 0.4) is 0 Å². The van der Waals surface area contributed by atoms with E-state index in [-0.39, 0.29) is 5.41 Å². The summed E-state index contributed by atoms with van der Waals surface area (Å²) in [4.78, 5) is 0. The van der Waals surface area contributed by atoms with E-state index in [9.17, 15) is 5.11 Å². The molecule has 102 valence electrons. The van der Waals surface area contributed by atoms with Crippen molar-refractivity contribution in [1.29, 1.82) is 0 Å². The lowest BCUT2D eigenvalue weighted by molar-refractivity contribution is 0.167. The van der Waals surface area contributed by atoms with Gasteiger partial charge < -0.3 is 9.84 Å². The summed E-state index contributed by atoms with van der Waals surface area (Å²) in [6, 6.07) is 4.20. The van der Waals surface area contributed by atoms with E-state index < -0.39 is 6.10 Å². The van der Waals surface area contributed by atoms with Crippen molar-refractivity contribution in [2.45, 2.75) is 59.5 Å². The van der Waals surface area contributed by atoms with E-state index in [4.69, 9.17) is 4.74 Å². The summed E-state index contributed by atoms with van der Waals surface area (Å²) in [6.45, 7) is 13.2. The van der Waals surface area contributed by atoms with Crippen molar-refractivity contribution in [2.24, 2.45) is 0 Å². The molecule has 1 aromatic carbocycles. The molecule has 0 spiro atoms. The Kier molecular flexibility index (Phi) is 4.80. The van der Waals surface area contributed by atoms with Gasteiger partial charge in [-0.2, -0.15) is 0 Å². The second-order valence-corrected chi connectivity index (χ2v) is 5.84. The molecule has 0 aromatic heterocycles. The van der Waals surface area contributed by atoms with Crippen LogP contribution in [0, 0.1) is 6.92 Å². The van der Waals surface area contributed by atoms with Crippen molar-refractivity contribution >= 4 is 0 Å². The van der Waals surface area contributed by atoms with E-state index in [1.807, 2.05) is 19.9 Å². The summed E-state index contributed by atoms with van der Waals surface area (Å²) in [5, 5.41) is 10.2. The lowest BCUT2D eigenvalue weighted by atomic mass is 9.83. The zero-order chi connectivity index (χ0) is 13.9. The fraction of sp³-hybridized carbons (Fsp3) is 0.625. The molecule has 0 fully saturated rings. The highest BCUT2D eigenvalue weighted by Crippen LogP contribution is 2.38. The largest absolute Gasteiger partial charge is 0.493 e. The first-order valence-electron chi connectivity index (χ1n) is 6.77. The highest BCUT2D eigenvalue weighted by Gasteiger charge is 2.24. The third-order valence-corrected chi connectivity index (χ3v) is 3.10. The Morgan fingerprint density at radius 1 is 1.22 bits per heavy atom. The van der Waals surface area contributed by atoms with E-state index >= 15 is 0 Å². The summed E-state index contributed by atoms with van der Waals surface area (Å²) in [5.41, 5.74) is 3.28. The molecule has 18 heavy (non-hydrogen) atoms. The number of ether oxygens (including phenoxy) is 1. The van der Waals surface area contributed by atoms with E-state index in [1.165, 1.54) is 11.1 Å². The number of aliphatic hydroxyl groups excluding tert-OH is 1. The predicted octanol–water partition coefficient (Wildman–Crippen LogP) is 4.13. The number of benzene rings is 1. The Balaban J connectivity index is 3.45. The Labute approximate surface area is 111 Å². The Bertz CT molecular complexity index is 402. The highest BCUT2D eigenvalue weighted by atomic mass is 16.5. The zero-order valence-corrected chi connectivity index (χ0v) is 12.5. The van der Waals surface area contributed by atoms with Gasteiger partial charge in [-0.1, -0.05) is 39.3 Å². The molecule has 0 aliphatic carbocycles. The fourth-order valence-electron chi connectivity index (χ4n) is 2.13. The van der Waals surface area contributed by atoms with Crippen LogP contribution in [0.25, 0.3) is 0 Å². The number of aliphatic hydroxyl groups is 1. The van der Waals surface area contributed by atoms with Gasteiger partial charge in [-0.15, -0.1) is 0 Å². The van der Waals surface area contributed by atoms with Gasteiger partial charge in [-0.3, -0.25) is 0 Å². The summed E-state index contributed by atoms with van der Waals surface area (Å²) < 4.78 is 5.81. The van der Waals surface area contributed by atoms with Gasteiger partial charge in [-0.25, -0.2) is 0 Å². The molecule has 0 bridgehead atoms. The molecule has 0 amide bonds. The Morgan fingerprint density at radius 2 is 1.83 bits per heavy atom. The highest BCUT2D eigenvalue weighted by molar-refractivity contribution is 5.48. The molecule has 0 saturated carbocycles. The molecule has 0 radical (unpaired) electrons. The molecule has 1 aromatic rings. The van der Waals surface area contributed by atoms with Crippen LogP contribution in [-0.4, -0.2) is 11.7 Å². The maximum Gasteiger partial charge on any atom is 0.128 e. The van der Waals surface area contributed by atoms with Crippen LogP contribution in [0.15, 0.2) is 12.1 Å². The van der Waals surface area contributed by atoms with Crippen LogP contribution in [0.5, 0.6) is 5.75 Å². The van der Waals surface area contributed by atoms with Gasteiger partial charge in [0.15, 0.2) is 0 Å². The van der Waals surface area contributed by atoms with Crippen LogP contribution < -0.4 is 4.74 Å². The van der Waals surface area contributed by atoms with Crippen molar-refractivity contribution < 1.29 is 9.84 Å². The molecular weight excluding hydrogens is 224 g/mol. The first-order valence-corrected chi connectivity index (χ1v) is 6.77. The van der Waals surface area contributed by atoms with Crippen LogP contribution >= 0.6 is 0 Å². The van der Waals surface area contributed by atoms with Gasteiger partial charge >= 0.3 is 0 Å². The molecule has 1 unspecified atom stereocenters. The van der Waals surface area contributed by atoms with Crippen molar-refractivity contribution in [3.63, 3.8) is 0 Å². The van der Waals surface area contributed by atoms with Crippen LogP contribution in [-0.2, 0) is 5.41 Å². The van der Waals surface area contributed by atoms with E-state index in [0.29, 0.717) is 13.0 Å². The van der Waals surface area contributed by atoms with Crippen molar-refractivity contribution in [3.05, 3.63) is 28.8 Å². The zero-order valence-electron chi connectivity index (χ0n) is 12.5. The van der Waals surface area contributed by atoms with Crippen LogP contribution in [0.1, 0.15) is 63.8 Å². The standard InChI is InChI=1S/C16H26O2/c1-7-14(17)12-9-11(3)10-13(16(4,5)6)15(12)18-8-2/h9-10,14,17H,7-8H2,1-6H3. The van der Waals surface area contributed by atoms with Gasteiger partial charge in [0.1, 0.15) is 5.75 Å². The van der Waals surface area contributed by atoms with Crippen LogP contribution in [0.4, 0.5) is 0 Å². The molecule has 1 rings (SSSR count). The molecule has 0 saturated heterocycles. The van der Waals surface area contributed by atoms with E-state index in [1.54, 1.807) is 0 Å². The number of hydrogen-bond donors (Lipinski definition) is 1. The molecule has 2 nitrogen and oxygen atoms in total. The normalized spacial score (nSPS) is 13.5. The Morgan fingerprint density at radius 3 is 2.28 bits per heavy atom. The van der Waals surface area contributed by atoms with Crippen LogP contribution in [0.2, 0.25) is 0 Å². The monoisotopic (exact) mass is 250 g/mol. The topological polar surface area (TPSA) is 29.5 Å². The van der Waals surface area contributed by atoms with Gasteiger partial charge in [-0.05, 0) is 31.7 Å². The molecule has 0 heterocycles. The minimum Gasteiger partial charge on any atom is -0.493 e. The van der Waals surface area contributed by atoms with Gasteiger partial charge in [0.2, 0.25) is 0 Å². The maximum absolute atomic E-state index is 10.2. The minimum atomic E-state index is -0.451.